The summed E-state index contributed by atoms with van der Waals surface area (Å²) in [6.45, 7) is 6.39. The van der Waals surface area contributed by atoms with E-state index in [1.807, 2.05) is 36.5 Å². The van der Waals surface area contributed by atoms with Gasteiger partial charge in [0, 0.05) is 34.0 Å². The highest BCUT2D eigenvalue weighted by atomic mass is 35.5. The number of rotatable bonds is 4. The first-order valence-electron chi connectivity index (χ1n) is 11.0. The molecule has 0 bridgehead atoms. The first kappa shape index (κ1) is 21.7. The topological polar surface area (TPSA) is 33.1 Å². The second kappa shape index (κ2) is 8.65. The molecular formula is C27H25ClN4S. The first-order chi connectivity index (χ1) is 15.9. The number of benzene rings is 2. The van der Waals surface area contributed by atoms with Crippen LogP contribution in [0.25, 0.3) is 5.69 Å². The summed E-state index contributed by atoms with van der Waals surface area (Å²) in [6, 6.07) is 24.6. The van der Waals surface area contributed by atoms with Crippen LogP contribution in [0.1, 0.15) is 40.3 Å². The average Bonchev–Trinajstić information content (AvgIpc) is 3.29. The van der Waals surface area contributed by atoms with Gasteiger partial charge in [-0.05, 0) is 92.6 Å². The van der Waals surface area contributed by atoms with Crippen LogP contribution in [-0.4, -0.2) is 14.7 Å². The Kier molecular flexibility index (Phi) is 5.69. The number of aryl methyl sites for hydroxylation is 2. The Balaban J connectivity index is 1.69. The largest absolute Gasteiger partial charge is 0.351 e. The molecule has 0 unspecified atom stereocenters. The van der Waals surface area contributed by atoms with Crippen molar-refractivity contribution in [2.75, 3.05) is 4.90 Å². The highest BCUT2D eigenvalue weighted by Gasteiger charge is 2.42. The van der Waals surface area contributed by atoms with E-state index in [-0.39, 0.29) is 12.1 Å². The molecule has 0 aliphatic carbocycles. The smallest absolute Gasteiger partial charge is 0.174 e. The number of halogens is 1. The van der Waals surface area contributed by atoms with Gasteiger partial charge in [-0.3, -0.25) is 4.98 Å². The van der Waals surface area contributed by atoms with Gasteiger partial charge in [-0.25, -0.2) is 0 Å². The Morgan fingerprint density at radius 3 is 2.42 bits per heavy atom. The Morgan fingerprint density at radius 2 is 1.70 bits per heavy atom. The van der Waals surface area contributed by atoms with Crippen LogP contribution in [0.2, 0.25) is 5.02 Å². The van der Waals surface area contributed by atoms with Crippen molar-refractivity contribution in [1.29, 1.82) is 0 Å². The van der Waals surface area contributed by atoms with E-state index in [4.69, 9.17) is 23.8 Å². The van der Waals surface area contributed by atoms with Crippen molar-refractivity contribution in [1.82, 2.24) is 14.9 Å². The van der Waals surface area contributed by atoms with E-state index >= 15 is 0 Å². The number of pyridine rings is 1. The number of anilines is 1. The van der Waals surface area contributed by atoms with E-state index in [0.29, 0.717) is 5.11 Å². The van der Waals surface area contributed by atoms with Gasteiger partial charge >= 0.3 is 0 Å². The predicted octanol–water partition coefficient (Wildman–Crippen LogP) is 6.63. The number of nitrogens with zero attached hydrogens (tertiary/aromatic N) is 3. The summed E-state index contributed by atoms with van der Waals surface area (Å²) in [6.07, 6.45) is 1.84. The third-order valence-electron chi connectivity index (χ3n) is 6.23. The van der Waals surface area contributed by atoms with E-state index < -0.39 is 0 Å². The minimum absolute atomic E-state index is 0.0478. The van der Waals surface area contributed by atoms with E-state index in [0.717, 1.165) is 33.5 Å². The van der Waals surface area contributed by atoms with Gasteiger partial charge in [0.2, 0.25) is 0 Å². The van der Waals surface area contributed by atoms with Crippen LogP contribution in [0.3, 0.4) is 0 Å². The molecule has 1 N–H and O–H groups in total. The molecule has 4 nitrogen and oxygen atoms in total. The Bertz CT molecular complexity index is 1330. The molecule has 1 aliphatic rings. The molecule has 166 valence electrons. The Morgan fingerprint density at radius 1 is 0.909 bits per heavy atom. The Hall–Kier alpha value is -3.15. The molecule has 33 heavy (non-hydrogen) atoms. The van der Waals surface area contributed by atoms with Gasteiger partial charge in [0.25, 0.3) is 0 Å². The maximum atomic E-state index is 6.32. The number of thiocarbonyl (C=S) groups is 1. The van der Waals surface area contributed by atoms with Crippen molar-refractivity contribution in [2.45, 2.75) is 32.9 Å². The molecule has 6 heteroatoms. The molecule has 1 aliphatic heterocycles. The fourth-order valence-corrected chi connectivity index (χ4v) is 5.36. The summed E-state index contributed by atoms with van der Waals surface area (Å²) in [4.78, 5) is 6.90. The lowest BCUT2D eigenvalue weighted by molar-refractivity contribution is 0.565. The van der Waals surface area contributed by atoms with Crippen LogP contribution in [0.4, 0.5) is 5.69 Å². The van der Waals surface area contributed by atoms with Crippen LogP contribution in [0, 0.1) is 20.8 Å². The summed E-state index contributed by atoms with van der Waals surface area (Å²) < 4.78 is 2.26. The molecule has 0 spiro atoms. The molecule has 2 aromatic heterocycles. The average molecular weight is 473 g/mol. The third kappa shape index (κ3) is 3.92. The van der Waals surface area contributed by atoms with Gasteiger partial charge in [0.15, 0.2) is 5.11 Å². The normalized spacial score (nSPS) is 17.9. The van der Waals surface area contributed by atoms with Crippen LogP contribution in [-0.2, 0) is 0 Å². The molecule has 0 saturated carbocycles. The number of hydrogen-bond acceptors (Lipinski definition) is 2. The van der Waals surface area contributed by atoms with Crippen LogP contribution in [0.5, 0.6) is 0 Å². The van der Waals surface area contributed by atoms with Gasteiger partial charge in [-0.1, -0.05) is 35.9 Å². The van der Waals surface area contributed by atoms with Gasteiger partial charge in [0.1, 0.15) is 0 Å². The zero-order valence-corrected chi connectivity index (χ0v) is 20.4. The van der Waals surface area contributed by atoms with E-state index in [2.05, 4.69) is 83.0 Å². The first-order valence-corrected chi connectivity index (χ1v) is 11.7. The van der Waals surface area contributed by atoms with Crippen molar-refractivity contribution in [2.24, 2.45) is 0 Å². The van der Waals surface area contributed by atoms with E-state index in [1.165, 1.54) is 11.1 Å². The zero-order valence-electron chi connectivity index (χ0n) is 18.8. The fraction of sp³-hybridized carbons (Fsp3) is 0.185. The van der Waals surface area contributed by atoms with Crippen molar-refractivity contribution in [3.63, 3.8) is 0 Å². The summed E-state index contributed by atoms with van der Waals surface area (Å²) in [5, 5.41) is 4.98. The lowest BCUT2D eigenvalue weighted by Gasteiger charge is -2.28. The number of hydrogen-bond donors (Lipinski definition) is 1. The summed E-state index contributed by atoms with van der Waals surface area (Å²) in [5.74, 6) is 0. The van der Waals surface area contributed by atoms with Gasteiger partial charge in [0.05, 0.1) is 17.8 Å². The van der Waals surface area contributed by atoms with E-state index in [9.17, 15) is 0 Å². The quantitative estimate of drug-likeness (QED) is 0.338. The molecule has 1 saturated heterocycles. The molecule has 5 rings (SSSR count). The molecular weight excluding hydrogens is 448 g/mol. The molecule has 2 atom stereocenters. The van der Waals surface area contributed by atoms with Crippen LogP contribution < -0.4 is 10.2 Å². The van der Waals surface area contributed by atoms with Crippen molar-refractivity contribution >= 4 is 34.6 Å². The summed E-state index contributed by atoms with van der Waals surface area (Å²) in [7, 11) is 0. The zero-order chi connectivity index (χ0) is 23.1. The molecule has 1 fully saturated rings. The monoisotopic (exact) mass is 472 g/mol. The summed E-state index contributed by atoms with van der Waals surface area (Å²) in [5.41, 5.74) is 7.79. The second-order valence-electron chi connectivity index (χ2n) is 8.48. The van der Waals surface area contributed by atoms with Gasteiger partial charge < -0.3 is 14.8 Å². The number of aromatic nitrogens is 2. The lowest BCUT2D eigenvalue weighted by Crippen LogP contribution is -2.29. The van der Waals surface area contributed by atoms with E-state index in [1.54, 1.807) is 0 Å². The van der Waals surface area contributed by atoms with Crippen LogP contribution >= 0.6 is 23.8 Å². The lowest BCUT2D eigenvalue weighted by atomic mass is 9.96. The van der Waals surface area contributed by atoms with Crippen LogP contribution in [0.15, 0.2) is 79.0 Å². The maximum Gasteiger partial charge on any atom is 0.174 e. The minimum Gasteiger partial charge on any atom is -0.351 e. The SMILES string of the molecule is Cc1cccc(N2C(=S)N[C@H](c3ccccn3)[C@H]2c2cc(C)n(-c3cccc(Cl)c3)c2C)c1. The van der Waals surface area contributed by atoms with Gasteiger partial charge in [-0.15, -0.1) is 0 Å². The minimum atomic E-state index is -0.0764. The number of nitrogens with one attached hydrogen (secondary N) is 1. The standard InChI is InChI=1S/C27H25ClN4S/c1-17-8-6-10-21(14-17)32-26(25(30-27(32)33)24-12-4-5-13-29-24)23-15-18(2)31(19(23)3)22-11-7-9-20(28)16-22/h4-16,25-26H,1-3H3,(H,30,33)/t25-,26-/m1/s1. The molecule has 2 aromatic carbocycles. The van der Waals surface area contributed by atoms with Gasteiger partial charge in [-0.2, -0.15) is 0 Å². The summed E-state index contributed by atoms with van der Waals surface area (Å²) >= 11 is 12.2. The highest BCUT2D eigenvalue weighted by molar-refractivity contribution is 7.80. The van der Waals surface area contributed by atoms with Crippen molar-refractivity contribution in [3.8, 4) is 5.69 Å². The van der Waals surface area contributed by atoms with Crippen molar-refractivity contribution < 1.29 is 0 Å². The van der Waals surface area contributed by atoms with Crippen molar-refractivity contribution in [3.05, 3.63) is 112 Å². The maximum absolute atomic E-state index is 6.32. The Labute approximate surface area is 204 Å². The fourth-order valence-electron chi connectivity index (χ4n) is 4.83. The molecule has 0 radical (unpaired) electrons. The predicted molar refractivity (Wildman–Crippen MR) is 139 cm³/mol. The molecule has 4 aromatic rings. The third-order valence-corrected chi connectivity index (χ3v) is 6.78. The second-order valence-corrected chi connectivity index (χ2v) is 9.30. The molecule has 0 amide bonds. The highest BCUT2D eigenvalue weighted by Crippen LogP contribution is 2.43. The molecule has 3 heterocycles.